The minimum atomic E-state index is 0.375. The Hall–Kier alpha value is -0.800. The lowest BCUT2D eigenvalue weighted by molar-refractivity contribution is 0.321. The summed E-state index contributed by atoms with van der Waals surface area (Å²) in [6, 6.07) is 4.32. The van der Waals surface area contributed by atoms with Crippen LogP contribution in [0.15, 0.2) is 22.8 Å². The molecule has 3 N–H and O–H groups in total. The SMILES string of the molecule is CC(C)(C)CCC(CCc1ccco1)NN. The summed E-state index contributed by atoms with van der Waals surface area (Å²) in [5, 5.41) is 0. The Labute approximate surface area is 98.4 Å². The molecule has 0 spiro atoms. The molecule has 0 amide bonds. The van der Waals surface area contributed by atoms with Crippen LogP contribution in [0.5, 0.6) is 0 Å². The molecule has 0 radical (unpaired) electrons. The molecule has 0 aromatic carbocycles. The second kappa shape index (κ2) is 6.06. The molecule has 3 heteroatoms. The van der Waals surface area contributed by atoms with E-state index in [1.807, 2.05) is 12.1 Å². The van der Waals surface area contributed by atoms with E-state index in [2.05, 4.69) is 26.2 Å². The number of nitrogens with one attached hydrogen (secondary N) is 1. The van der Waals surface area contributed by atoms with Crippen molar-refractivity contribution < 1.29 is 4.42 Å². The van der Waals surface area contributed by atoms with Crippen molar-refractivity contribution in [1.82, 2.24) is 5.43 Å². The molecule has 1 aromatic heterocycles. The summed E-state index contributed by atoms with van der Waals surface area (Å²) >= 11 is 0. The van der Waals surface area contributed by atoms with Gasteiger partial charge in [-0.2, -0.15) is 0 Å². The molecular weight excluding hydrogens is 200 g/mol. The van der Waals surface area contributed by atoms with Crippen LogP contribution in [0.25, 0.3) is 0 Å². The Bertz CT molecular complexity index is 275. The third kappa shape index (κ3) is 5.33. The van der Waals surface area contributed by atoms with Gasteiger partial charge in [-0.25, -0.2) is 0 Å². The largest absolute Gasteiger partial charge is 0.469 e. The van der Waals surface area contributed by atoms with Crippen molar-refractivity contribution in [1.29, 1.82) is 0 Å². The van der Waals surface area contributed by atoms with Gasteiger partial charge < -0.3 is 4.42 Å². The third-order valence-electron chi connectivity index (χ3n) is 2.80. The number of nitrogens with two attached hydrogens (primary N) is 1. The lowest BCUT2D eigenvalue weighted by Crippen LogP contribution is -2.36. The topological polar surface area (TPSA) is 51.2 Å². The maximum absolute atomic E-state index is 5.56. The Kier molecular flexibility index (Phi) is 5.03. The highest BCUT2D eigenvalue weighted by Gasteiger charge is 2.14. The summed E-state index contributed by atoms with van der Waals surface area (Å²) in [7, 11) is 0. The molecule has 1 atom stereocenters. The molecule has 0 aliphatic rings. The normalized spacial score (nSPS) is 14.0. The summed E-state index contributed by atoms with van der Waals surface area (Å²) in [4.78, 5) is 0. The van der Waals surface area contributed by atoms with Crippen LogP contribution in [0, 0.1) is 5.41 Å². The van der Waals surface area contributed by atoms with E-state index in [-0.39, 0.29) is 0 Å². The van der Waals surface area contributed by atoms with Crippen LogP contribution >= 0.6 is 0 Å². The molecule has 92 valence electrons. The van der Waals surface area contributed by atoms with Crippen LogP contribution in [0.1, 0.15) is 45.8 Å². The minimum absolute atomic E-state index is 0.375. The van der Waals surface area contributed by atoms with E-state index in [9.17, 15) is 0 Å². The maximum Gasteiger partial charge on any atom is 0.103 e. The predicted molar refractivity (Wildman–Crippen MR) is 66.8 cm³/mol. The van der Waals surface area contributed by atoms with Crippen LogP contribution in [0.3, 0.4) is 0 Å². The van der Waals surface area contributed by atoms with Gasteiger partial charge in [0.15, 0.2) is 0 Å². The Balaban J connectivity index is 2.27. The zero-order valence-electron chi connectivity index (χ0n) is 10.6. The van der Waals surface area contributed by atoms with Crippen LogP contribution in [0.4, 0.5) is 0 Å². The van der Waals surface area contributed by atoms with Crippen molar-refractivity contribution in [2.45, 2.75) is 52.5 Å². The average molecular weight is 224 g/mol. The van der Waals surface area contributed by atoms with Gasteiger partial charge in [-0.1, -0.05) is 20.8 Å². The van der Waals surface area contributed by atoms with Crippen LogP contribution in [-0.2, 0) is 6.42 Å². The van der Waals surface area contributed by atoms with Gasteiger partial charge in [0.05, 0.1) is 6.26 Å². The number of hydrogen-bond donors (Lipinski definition) is 2. The highest BCUT2D eigenvalue weighted by molar-refractivity contribution is 4.98. The average Bonchev–Trinajstić information content (AvgIpc) is 2.69. The summed E-state index contributed by atoms with van der Waals surface area (Å²) in [6.07, 6.45) is 5.99. The van der Waals surface area contributed by atoms with Crippen molar-refractivity contribution in [3.8, 4) is 0 Å². The van der Waals surface area contributed by atoms with Gasteiger partial charge >= 0.3 is 0 Å². The molecule has 0 bridgehead atoms. The van der Waals surface area contributed by atoms with E-state index in [1.54, 1.807) is 6.26 Å². The summed E-state index contributed by atoms with van der Waals surface area (Å²) in [6.45, 7) is 6.77. The number of hydrogen-bond acceptors (Lipinski definition) is 3. The lowest BCUT2D eigenvalue weighted by atomic mass is 9.88. The minimum Gasteiger partial charge on any atom is -0.469 e. The second-order valence-electron chi connectivity index (χ2n) is 5.58. The Morgan fingerprint density at radius 2 is 2.12 bits per heavy atom. The van der Waals surface area contributed by atoms with Crippen molar-refractivity contribution >= 4 is 0 Å². The van der Waals surface area contributed by atoms with E-state index in [1.165, 1.54) is 6.42 Å². The summed E-state index contributed by atoms with van der Waals surface area (Å²) < 4.78 is 5.31. The van der Waals surface area contributed by atoms with Gasteiger partial charge in [-0.15, -0.1) is 0 Å². The van der Waals surface area contributed by atoms with Gasteiger partial charge in [0.2, 0.25) is 0 Å². The van der Waals surface area contributed by atoms with Crippen LogP contribution < -0.4 is 11.3 Å². The Morgan fingerprint density at radius 3 is 2.62 bits per heavy atom. The summed E-state index contributed by atoms with van der Waals surface area (Å²) in [5.41, 5.74) is 3.27. The summed E-state index contributed by atoms with van der Waals surface area (Å²) in [5.74, 6) is 6.60. The fraction of sp³-hybridized carbons (Fsp3) is 0.692. The molecule has 0 saturated heterocycles. The fourth-order valence-corrected chi connectivity index (χ4v) is 1.69. The Morgan fingerprint density at radius 1 is 1.38 bits per heavy atom. The third-order valence-corrected chi connectivity index (χ3v) is 2.80. The second-order valence-corrected chi connectivity index (χ2v) is 5.58. The number of aryl methyl sites for hydroxylation is 1. The first-order chi connectivity index (χ1) is 7.51. The van der Waals surface area contributed by atoms with Gasteiger partial charge in [0, 0.05) is 12.5 Å². The molecule has 0 saturated carbocycles. The van der Waals surface area contributed by atoms with Crippen molar-refractivity contribution in [3.05, 3.63) is 24.2 Å². The first-order valence-electron chi connectivity index (χ1n) is 6.00. The number of furan rings is 1. The van der Waals surface area contributed by atoms with E-state index in [0.717, 1.165) is 25.0 Å². The van der Waals surface area contributed by atoms with Crippen molar-refractivity contribution in [3.63, 3.8) is 0 Å². The monoisotopic (exact) mass is 224 g/mol. The zero-order chi connectivity index (χ0) is 12.0. The van der Waals surface area contributed by atoms with Gasteiger partial charge in [-0.3, -0.25) is 11.3 Å². The van der Waals surface area contributed by atoms with Crippen molar-refractivity contribution in [2.24, 2.45) is 11.3 Å². The quantitative estimate of drug-likeness (QED) is 0.577. The molecule has 1 rings (SSSR count). The molecular formula is C13H24N2O. The van der Waals surface area contributed by atoms with E-state index in [4.69, 9.17) is 10.3 Å². The van der Waals surface area contributed by atoms with Gasteiger partial charge in [0.1, 0.15) is 5.76 Å². The van der Waals surface area contributed by atoms with Crippen LogP contribution in [-0.4, -0.2) is 6.04 Å². The smallest absolute Gasteiger partial charge is 0.103 e. The molecule has 1 heterocycles. The molecule has 16 heavy (non-hydrogen) atoms. The first-order valence-corrected chi connectivity index (χ1v) is 6.00. The highest BCUT2D eigenvalue weighted by atomic mass is 16.3. The lowest BCUT2D eigenvalue weighted by Gasteiger charge is -2.22. The highest BCUT2D eigenvalue weighted by Crippen LogP contribution is 2.22. The van der Waals surface area contributed by atoms with Gasteiger partial charge in [-0.05, 0) is 36.8 Å². The van der Waals surface area contributed by atoms with E-state index >= 15 is 0 Å². The molecule has 0 aliphatic carbocycles. The fourth-order valence-electron chi connectivity index (χ4n) is 1.69. The molecule has 1 aromatic rings. The van der Waals surface area contributed by atoms with E-state index in [0.29, 0.717) is 11.5 Å². The first kappa shape index (κ1) is 13.3. The van der Waals surface area contributed by atoms with E-state index < -0.39 is 0 Å². The van der Waals surface area contributed by atoms with Gasteiger partial charge in [0.25, 0.3) is 0 Å². The molecule has 3 nitrogen and oxygen atoms in total. The van der Waals surface area contributed by atoms with Crippen LogP contribution in [0.2, 0.25) is 0 Å². The number of hydrazine groups is 1. The number of rotatable bonds is 6. The molecule has 0 fully saturated rings. The molecule has 1 unspecified atom stereocenters. The standard InChI is InChI=1S/C13H24N2O/c1-13(2,3)9-8-11(15-14)6-7-12-5-4-10-16-12/h4-5,10-11,15H,6-9,14H2,1-3H3. The van der Waals surface area contributed by atoms with Crippen molar-refractivity contribution in [2.75, 3.05) is 0 Å². The maximum atomic E-state index is 5.56. The zero-order valence-corrected chi connectivity index (χ0v) is 10.6. The molecule has 0 aliphatic heterocycles. The predicted octanol–water partition coefficient (Wildman–Crippen LogP) is 2.87.